The Kier molecular flexibility index (Phi) is 4.77. The van der Waals surface area contributed by atoms with Gasteiger partial charge < -0.3 is 21.9 Å². The Morgan fingerprint density at radius 2 is 2.14 bits per heavy atom. The lowest BCUT2D eigenvalue weighted by Crippen LogP contribution is -2.36. The maximum Gasteiger partial charge on any atom is 0.255 e. The Bertz CT molecular complexity index is 643. The summed E-state index contributed by atoms with van der Waals surface area (Å²) >= 11 is 1.35. The number of nitrogens with one attached hydrogen (secondary N) is 1. The smallest absolute Gasteiger partial charge is 0.255 e. The molecule has 0 saturated heterocycles. The number of hydrogen-bond acceptors (Lipinski definition) is 6. The number of thiazole rings is 1. The predicted octanol–water partition coefficient (Wildman–Crippen LogP) is 0.769. The molecule has 6 N–H and O–H groups in total. The lowest BCUT2D eigenvalue weighted by atomic mass is 10.2. The van der Waals surface area contributed by atoms with Crippen molar-refractivity contribution in [1.82, 2.24) is 10.3 Å². The molecule has 1 aromatic carbocycles. The average molecular weight is 306 g/mol. The fourth-order valence-electron chi connectivity index (χ4n) is 1.90. The third-order valence-electron chi connectivity index (χ3n) is 3.10. The van der Waals surface area contributed by atoms with E-state index in [1.165, 1.54) is 11.3 Å². The number of benzene rings is 1. The van der Waals surface area contributed by atoms with E-state index in [1.807, 2.05) is 31.2 Å². The van der Waals surface area contributed by atoms with Crippen LogP contribution in [0.2, 0.25) is 0 Å². The third-order valence-corrected chi connectivity index (χ3v) is 4.15. The maximum absolute atomic E-state index is 11.7. The Morgan fingerprint density at radius 3 is 2.71 bits per heavy atom. The molecule has 7 heteroatoms. The molecule has 0 aliphatic carbocycles. The molecule has 0 aliphatic heterocycles. The maximum atomic E-state index is 11.7. The molecule has 1 amide bonds. The van der Waals surface area contributed by atoms with Crippen molar-refractivity contribution < 1.29 is 9.90 Å². The average Bonchev–Trinajstić information content (AvgIpc) is 2.87. The highest BCUT2D eigenvalue weighted by molar-refractivity contribution is 7.19. The Morgan fingerprint density at radius 1 is 1.43 bits per heavy atom. The molecular weight excluding hydrogens is 288 g/mol. The summed E-state index contributed by atoms with van der Waals surface area (Å²) in [5.41, 5.74) is 12.3. The highest BCUT2D eigenvalue weighted by Gasteiger charge is 2.19. The number of nitrogens with zero attached hydrogens (tertiary/aromatic N) is 1. The molecule has 0 saturated carbocycles. The van der Waals surface area contributed by atoms with Crippen LogP contribution in [0.4, 0.5) is 0 Å². The second-order valence-corrected chi connectivity index (χ2v) is 5.60. The van der Waals surface area contributed by atoms with Gasteiger partial charge in [-0.15, -0.1) is 11.3 Å². The van der Waals surface area contributed by atoms with Crippen LogP contribution < -0.4 is 16.8 Å². The number of nitrogens with two attached hydrogens (primary N) is 2. The molecule has 0 spiro atoms. The van der Waals surface area contributed by atoms with E-state index in [1.54, 1.807) is 0 Å². The second-order valence-electron chi connectivity index (χ2n) is 4.57. The Balaban J connectivity index is 2.44. The van der Waals surface area contributed by atoms with Crippen molar-refractivity contribution in [3.8, 4) is 0 Å². The summed E-state index contributed by atoms with van der Waals surface area (Å²) < 4.78 is 0.952. The van der Waals surface area contributed by atoms with E-state index in [0.29, 0.717) is 11.4 Å². The normalized spacial score (nSPS) is 13.8. The number of amides is 1. The summed E-state index contributed by atoms with van der Waals surface area (Å²) in [5.74, 6) is -0.505. The molecule has 21 heavy (non-hydrogen) atoms. The number of aliphatic hydroxyl groups excluding tert-OH is 1. The number of carbonyl (C=O) groups is 1. The van der Waals surface area contributed by atoms with E-state index in [9.17, 15) is 9.90 Å². The van der Waals surface area contributed by atoms with Crippen LogP contribution in [0.5, 0.6) is 0 Å². The Hall–Kier alpha value is -2.12. The topological polar surface area (TPSA) is 114 Å². The largest absolute Gasteiger partial charge is 0.394 e. The number of para-hydroxylation sites is 1. The minimum Gasteiger partial charge on any atom is -0.394 e. The monoisotopic (exact) mass is 306 g/mol. The molecule has 1 atom stereocenters. The minimum absolute atomic E-state index is 0.0803. The zero-order valence-electron chi connectivity index (χ0n) is 11.7. The van der Waals surface area contributed by atoms with Crippen LogP contribution in [0.25, 0.3) is 15.8 Å². The van der Waals surface area contributed by atoms with E-state index >= 15 is 0 Å². The third kappa shape index (κ3) is 3.32. The molecule has 0 bridgehead atoms. The Labute approximate surface area is 126 Å². The number of fused-ring (bicyclic) bond motifs is 1. The minimum atomic E-state index is -0.646. The van der Waals surface area contributed by atoms with Gasteiger partial charge >= 0.3 is 0 Å². The number of aromatic nitrogens is 1. The zero-order chi connectivity index (χ0) is 15.4. The fourth-order valence-corrected chi connectivity index (χ4v) is 2.93. The van der Waals surface area contributed by atoms with E-state index in [4.69, 9.17) is 11.5 Å². The van der Waals surface area contributed by atoms with Crippen molar-refractivity contribution in [2.75, 3.05) is 6.61 Å². The first-order valence-corrected chi connectivity index (χ1v) is 7.41. The van der Waals surface area contributed by atoms with Crippen LogP contribution in [-0.2, 0) is 4.79 Å². The van der Waals surface area contributed by atoms with Crippen molar-refractivity contribution in [2.45, 2.75) is 19.4 Å². The number of rotatable bonds is 6. The van der Waals surface area contributed by atoms with Crippen molar-refractivity contribution in [2.24, 2.45) is 11.5 Å². The van der Waals surface area contributed by atoms with Gasteiger partial charge in [0, 0.05) is 0 Å². The summed E-state index contributed by atoms with van der Waals surface area (Å²) in [7, 11) is 0. The molecule has 2 aromatic rings. The van der Waals surface area contributed by atoms with Crippen molar-refractivity contribution in [3.63, 3.8) is 0 Å². The summed E-state index contributed by atoms with van der Waals surface area (Å²) in [6.45, 7) is 1.83. The van der Waals surface area contributed by atoms with Gasteiger partial charge in [0.15, 0.2) is 0 Å². The van der Waals surface area contributed by atoms with Crippen LogP contribution in [0.1, 0.15) is 18.4 Å². The number of primary amides is 1. The summed E-state index contributed by atoms with van der Waals surface area (Å²) in [6.07, 6.45) is 0.670. The van der Waals surface area contributed by atoms with Crippen LogP contribution >= 0.6 is 11.3 Å². The second kappa shape index (κ2) is 6.55. The first-order chi connectivity index (χ1) is 10.1. The summed E-state index contributed by atoms with van der Waals surface area (Å²) in [6, 6.07) is 7.33. The first-order valence-electron chi connectivity index (χ1n) is 6.59. The summed E-state index contributed by atoms with van der Waals surface area (Å²) in [5, 5.41) is 12.6. The SMILES string of the molecule is CCC(CO)N/C(N)=C(/C(N)=O)c1nc2ccccc2s1. The first kappa shape index (κ1) is 15.3. The van der Waals surface area contributed by atoms with Crippen LogP contribution in [0.3, 0.4) is 0 Å². The van der Waals surface area contributed by atoms with Gasteiger partial charge in [0.25, 0.3) is 5.91 Å². The van der Waals surface area contributed by atoms with Crippen molar-refractivity contribution >= 4 is 33.0 Å². The quantitative estimate of drug-likeness (QED) is 0.589. The lowest BCUT2D eigenvalue weighted by Gasteiger charge is -2.17. The highest BCUT2D eigenvalue weighted by atomic mass is 32.1. The van der Waals surface area contributed by atoms with Crippen molar-refractivity contribution in [3.05, 3.63) is 35.1 Å². The fraction of sp³-hybridized carbons (Fsp3) is 0.286. The number of carbonyl (C=O) groups excluding carboxylic acids is 1. The van der Waals surface area contributed by atoms with E-state index in [0.717, 1.165) is 10.2 Å². The van der Waals surface area contributed by atoms with Gasteiger partial charge in [0.2, 0.25) is 0 Å². The molecule has 1 heterocycles. The standard InChI is InChI=1S/C14H18N4O2S/c1-2-8(7-19)17-12(15)11(13(16)20)14-18-9-5-3-4-6-10(9)21-14/h3-6,8,17,19H,2,7,15H2,1H3,(H2,16,20)/b12-11-. The zero-order valence-corrected chi connectivity index (χ0v) is 12.5. The van der Waals surface area contributed by atoms with E-state index in [-0.39, 0.29) is 24.0 Å². The van der Waals surface area contributed by atoms with Gasteiger partial charge in [0.1, 0.15) is 16.4 Å². The number of hydrogen-bond donors (Lipinski definition) is 4. The molecule has 6 nitrogen and oxygen atoms in total. The van der Waals surface area contributed by atoms with Gasteiger partial charge in [-0.1, -0.05) is 19.1 Å². The number of aliphatic hydroxyl groups is 1. The molecule has 1 unspecified atom stereocenters. The molecule has 1 aromatic heterocycles. The van der Waals surface area contributed by atoms with Gasteiger partial charge in [0.05, 0.1) is 22.9 Å². The van der Waals surface area contributed by atoms with Crippen LogP contribution in [-0.4, -0.2) is 28.6 Å². The molecule has 2 rings (SSSR count). The van der Waals surface area contributed by atoms with Crippen LogP contribution in [0.15, 0.2) is 30.1 Å². The molecular formula is C14H18N4O2S. The van der Waals surface area contributed by atoms with Gasteiger partial charge in [-0.25, -0.2) is 4.98 Å². The van der Waals surface area contributed by atoms with Crippen molar-refractivity contribution in [1.29, 1.82) is 0 Å². The molecule has 112 valence electrons. The van der Waals surface area contributed by atoms with Crippen LogP contribution in [0, 0.1) is 0 Å². The molecule has 0 radical (unpaired) electrons. The summed E-state index contributed by atoms with van der Waals surface area (Å²) in [4.78, 5) is 16.1. The predicted molar refractivity (Wildman–Crippen MR) is 84.2 cm³/mol. The van der Waals surface area contributed by atoms with Gasteiger partial charge in [-0.2, -0.15) is 0 Å². The van der Waals surface area contributed by atoms with Gasteiger partial charge in [-0.05, 0) is 18.6 Å². The molecule has 0 aliphatic rings. The molecule has 0 fully saturated rings. The van der Waals surface area contributed by atoms with Gasteiger partial charge in [-0.3, -0.25) is 4.79 Å². The lowest BCUT2D eigenvalue weighted by molar-refractivity contribution is -0.112. The van der Waals surface area contributed by atoms with E-state index < -0.39 is 5.91 Å². The highest BCUT2D eigenvalue weighted by Crippen LogP contribution is 2.27. The van der Waals surface area contributed by atoms with E-state index in [2.05, 4.69) is 10.3 Å².